The van der Waals surface area contributed by atoms with Crippen molar-refractivity contribution in [2.45, 2.75) is 19.3 Å². The van der Waals surface area contributed by atoms with Gasteiger partial charge in [-0.3, -0.25) is 0 Å². The molecule has 0 atom stereocenters. The van der Waals surface area contributed by atoms with Gasteiger partial charge >= 0.3 is 11.9 Å². The molecule has 0 unspecified atom stereocenters. The molecule has 0 saturated heterocycles. The summed E-state index contributed by atoms with van der Waals surface area (Å²) in [5, 5.41) is 4.00. The van der Waals surface area contributed by atoms with E-state index in [-0.39, 0.29) is 0 Å². The Morgan fingerprint density at radius 2 is 0.911 bits per heavy atom. The molecule has 0 aliphatic heterocycles. The predicted octanol–water partition coefficient (Wildman–Crippen LogP) is 9.32. The molecule has 218 valence electrons. The van der Waals surface area contributed by atoms with Crippen LogP contribution in [0, 0.1) is 0 Å². The highest BCUT2D eigenvalue weighted by atomic mass is 16.5. The van der Waals surface area contributed by atoms with Gasteiger partial charge in [-0.05, 0) is 93.0 Å². The summed E-state index contributed by atoms with van der Waals surface area (Å²) >= 11 is 0. The molecule has 0 N–H and O–H groups in total. The molecule has 4 nitrogen and oxygen atoms in total. The van der Waals surface area contributed by atoms with Crippen LogP contribution in [0.4, 0.5) is 0 Å². The smallest absolute Gasteiger partial charge is 0.338 e. The maximum Gasteiger partial charge on any atom is 0.338 e. The molecular formula is C41H30O4. The standard InChI is InChI=1S/C41H30O4/c1-25(2)39(42)44-29-19-21-31-27(23-29)11-9-17-35(31)41(37-15-7-5-13-33(37)34-14-6-8-16-38(34)41)36-18-10-12-28-24-30(20-22-32(28)36)45-40(43)26(3)4/h5-24H,1,3H2,2,4H3. The van der Waals surface area contributed by atoms with Crippen molar-refractivity contribution in [3.63, 3.8) is 0 Å². The van der Waals surface area contributed by atoms with Crippen molar-refractivity contribution in [1.82, 2.24) is 0 Å². The van der Waals surface area contributed by atoms with Gasteiger partial charge in [0.2, 0.25) is 0 Å². The van der Waals surface area contributed by atoms with Gasteiger partial charge in [-0.25, -0.2) is 9.59 Å². The molecule has 1 aliphatic rings. The predicted molar refractivity (Wildman–Crippen MR) is 180 cm³/mol. The van der Waals surface area contributed by atoms with Crippen LogP contribution >= 0.6 is 0 Å². The molecule has 0 saturated carbocycles. The zero-order valence-corrected chi connectivity index (χ0v) is 25.1. The number of carbonyl (C=O) groups excluding carboxylic acids is 2. The van der Waals surface area contributed by atoms with Crippen LogP contribution in [-0.4, -0.2) is 11.9 Å². The van der Waals surface area contributed by atoms with Gasteiger partial charge in [-0.1, -0.05) is 110 Å². The average Bonchev–Trinajstić information content (AvgIpc) is 3.35. The van der Waals surface area contributed by atoms with E-state index in [0.717, 1.165) is 32.7 Å². The quantitative estimate of drug-likeness (QED) is 0.111. The highest BCUT2D eigenvalue weighted by Gasteiger charge is 2.47. The number of rotatable bonds is 6. The fourth-order valence-electron chi connectivity index (χ4n) is 6.65. The Hall–Kier alpha value is -5.74. The van der Waals surface area contributed by atoms with Crippen molar-refractivity contribution in [2.75, 3.05) is 0 Å². The highest BCUT2D eigenvalue weighted by Crippen LogP contribution is 2.58. The molecule has 7 rings (SSSR count). The Bertz CT molecular complexity index is 2060. The second-order valence-electron chi connectivity index (χ2n) is 11.6. The van der Waals surface area contributed by atoms with Crippen LogP contribution in [-0.2, 0) is 15.0 Å². The number of hydrogen-bond acceptors (Lipinski definition) is 4. The lowest BCUT2D eigenvalue weighted by molar-refractivity contribution is -0.130. The van der Waals surface area contributed by atoms with Crippen LogP contribution in [0.2, 0.25) is 0 Å². The first-order chi connectivity index (χ1) is 21.8. The van der Waals surface area contributed by atoms with E-state index in [1.165, 1.54) is 22.3 Å². The van der Waals surface area contributed by atoms with Crippen molar-refractivity contribution >= 4 is 33.5 Å². The molecule has 0 amide bonds. The molecule has 6 aromatic rings. The van der Waals surface area contributed by atoms with Gasteiger partial charge in [0, 0.05) is 11.1 Å². The average molecular weight is 587 g/mol. The Labute approximate surface area is 261 Å². The molecule has 1 aliphatic carbocycles. The molecule has 4 heteroatoms. The topological polar surface area (TPSA) is 52.6 Å². The molecule has 45 heavy (non-hydrogen) atoms. The van der Waals surface area contributed by atoms with Crippen molar-refractivity contribution in [1.29, 1.82) is 0 Å². The Kier molecular flexibility index (Phi) is 6.71. The van der Waals surface area contributed by atoms with Crippen LogP contribution in [0.5, 0.6) is 11.5 Å². The van der Waals surface area contributed by atoms with Gasteiger partial charge in [-0.2, -0.15) is 0 Å². The highest BCUT2D eigenvalue weighted by molar-refractivity contribution is 5.99. The number of fused-ring (bicyclic) bond motifs is 5. The fraction of sp³-hybridized carbons (Fsp3) is 0.0732. The second kappa shape index (κ2) is 10.8. The van der Waals surface area contributed by atoms with Crippen LogP contribution in [0.1, 0.15) is 36.1 Å². The third-order valence-corrected chi connectivity index (χ3v) is 8.58. The molecule has 0 radical (unpaired) electrons. The molecule has 0 heterocycles. The monoisotopic (exact) mass is 586 g/mol. The fourth-order valence-corrected chi connectivity index (χ4v) is 6.65. The largest absolute Gasteiger partial charge is 0.423 e. The molecule has 0 bridgehead atoms. The zero-order chi connectivity index (χ0) is 31.3. The third-order valence-electron chi connectivity index (χ3n) is 8.58. The van der Waals surface area contributed by atoms with E-state index in [4.69, 9.17) is 9.47 Å². The van der Waals surface area contributed by atoms with Crippen molar-refractivity contribution < 1.29 is 19.1 Å². The van der Waals surface area contributed by atoms with Gasteiger partial charge in [0.15, 0.2) is 0 Å². The van der Waals surface area contributed by atoms with E-state index in [1.54, 1.807) is 13.8 Å². The molecule has 0 aromatic heterocycles. The first-order valence-electron chi connectivity index (χ1n) is 14.8. The zero-order valence-electron chi connectivity index (χ0n) is 25.1. The van der Waals surface area contributed by atoms with Gasteiger partial charge in [-0.15, -0.1) is 0 Å². The second-order valence-corrected chi connectivity index (χ2v) is 11.6. The Morgan fingerprint density at radius 1 is 0.511 bits per heavy atom. The molecule has 6 aromatic carbocycles. The Balaban J connectivity index is 1.54. The van der Waals surface area contributed by atoms with E-state index >= 15 is 0 Å². The van der Waals surface area contributed by atoms with Crippen LogP contribution in [0.15, 0.2) is 146 Å². The number of esters is 2. The van der Waals surface area contributed by atoms with Crippen LogP contribution in [0.25, 0.3) is 32.7 Å². The maximum atomic E-state index is 12.3. The number of ether oxygens (including phenoxy) is 2. The van der Waals surface area contributed by atoms with E-state index in [0.29, 0.717) is 22.6 Å². The van der Waals surface area contributed by atoms with E-state index in [9.17, 15) is 9.59 Å². The SMILES string of the molecule is C=C(C)C(=O)Oc1ccc2c(C3(c4cccc5cc(OC(=O)C(=C)C)ccc45)c4ccccc4-c4ccccc43)cccc2c1. The summed E-state index contributed by atoms with van der Waals surface area (Å²) < 4.78 is 11.2. The van der Waals surface area contributed by atoms with Crippen molar-refractivity contribution in [2.24, 2.45) is 0 Å². The summed E-state index contributed by atoms with van der Waals surface area (Å²) in [6, 6.07) is 41.4. The minimum Gasteiger partial charge on any atom is -0.423 e. The maximum absolute atomic E-state index is 12.3. The van der Waals surface area contributed by atoms with Crippen molar-refractivity contribution in [3.8, 4) is 22.6 Å². The summed E-state index contributed by atoms with van der Waals surface area (Å²) in [5.41, 5.74) is 6.95. The lowest BCUT2D eigenvalue weighted by Crippen LogP contribution is -2.29. The minimum absolute atomic E-state index is 0.343. The van der Waals surface area contributed by atoms with Crippen molar-refractivity contribution in [3.05, 3.63) is 168 Å². The summed E-state index contributed by atoms with van der Waals surface area (Å²) in [6.07, 6.45) is 0. The number of benzene rings is 6. The first-order valence-corrected chi connectivity index (χ1v) is 14.8. The van der Waals surface area contributed by atoms with Crippen LogP contribution < -0.4 is 9.47 Å². The summed E-state index contributed by atoms with van der Waals surface area (Å²) in [6.45, 7) is 10.7. The van der Waals surface area contributed by atoms with Gasteiger partial charge in [0.1, 0.15) is 11.5 Å². The van der Waals surface area contributed by atoms with Gasteiger partial charge in [0.25, 0.3) is 0 Å². The van der Waals surface area contributed by atoms with E-state index in [1.807, 2.05) is 48.5 Å². The van der Waals surface area contributed by atoms with E-state index < -0.39 is 17.4 Å². The molecule has 0 spiro atoms. The van der Waals surface area contributed by atoms with Gasteiger partial charge < -0.3 is 9.47 Å². The van der Waals surface area contributed by atoms with Crippen LogP contribution in [0.3, 0.4) is 0 Å². The number of hydrogen-bond donors (Lipinski definition) is 0. The number of carbonyl (C=O) groups is 2. The van der Waals surface area contributed by atoms with Gasteiger partial charge in [0.05, 0.1) is 5.41 Å². The first kappa shape index (κ1) is 28.1. The lowest BCUT2D eigenvalue weighted by Gasteiger charge is -2.36. The minimum atomic E-state index is -0.683. The molecule has 0 fully saturated rings. The van der Waals surface area contributed by atoms with E-state index in [2.05, 4.69) is 86.0 Å². The normalized spacial score (nSPS) is 12.8. The Morgan fingerprint density at radius 3 is 1.33 bits per heavy atom. The lowest BCUT2D eigenvalue weighted by atomic mass is 9.65. The third kappa shape index (κ3) is 4.46. The molecular weight excluding hydrogens is 556 g/mol. The summed E-state index contributed by atoms with van der Waals surface area (Å²) in [5.74, 6) is 0.0289. The summed E-state index contributed by atoms with van der Waals surface area (Å²) in [4.78, 5) is 24.6. The summed E-state index contributed by atoms with van der Waals surface area (Å²) in [7, 11) is 0.